The Morgan fingerprint density at radius 2 is 2.04 bits per heavy atom. The van der Waals surface area contributed by atoms with Gasteiger partial charge < -0.3 is 4.98 Å². The van der Waals surface area contributed by atoms with Crippen molar-refractivity contribution in [3.8, 4) is 0 Å². The molecule has 0 saturated carbocycles. The van der Waals surface area contributed by atoms with Gasteiger partial charge >= 0.3 is 0 Å². The lowest BCUT2D eigenvalue weighted by Crippen LogP contribution is -2.37. The van der Waals surface area contributed by atoms with Gasteiger partial charge in [-0.3, -0.25) is 9.58 Å². The van der Waals surface area contributed by atoms with Crippen molar-refractivity contribution >= 4 is 11.6 Å². The highest BCUT2D eigenvalue weighted by Crippen LogP contribution is 2.37. The molecule has 1 aliphatic heterocycles. The van der Waals surface area contributed by atoms with E-state index in [9.17, 15) is 8.78 Å². The zero-order chi connectivity index (χ0) is 18.4. The largest absolute Gasteiger partial charge is 0.348 e. The molecular weight excluding hydrogens is 360 g/mol. The van der Waals surface area contributed by atoms with Gasteiger partial charge in [0.1, 0.15) is 16.8 Å². The smallest absolute Gasteiger partial charge is 0.131 e. The van der Waals surface area contributed by atoms with E-state index in [1.54, 1.807) is 18.1 Å². The van der Waals surface area contributed by atoms with E-state index in [1.165, 1.54) is 18.2 Å². The highest BCUT2D eigenvalue weighted by Gasteiger charge is 2.35. The third kappa shape index (κ3) is 2.71. The predicted octanol–water partition coefficient (Wildman–Crippen LogP) is 3.53. The fourth-order valence-electron chi connectivity index (χ4n) is 3.64. The van der Waals surface area contributed by atoms with Gasteiger partial charge in [0, 0.05) is 43.4 Å². The van der Waals surface area contributed by atoms with Gasteiger partial charge in [-0.25, -0.2) is 13.8 Å². The van der Waals surface area contributed by atoms with E-state index in [4.69, 9.17) is 11.6 Å². The molecule has 0 fully saturated rings. The van der Waals surface area contributed by atoms with E-state index >= 15 is 0 Å². The molecule has 8 heteroatoms. The quantitative estimate of drug-likeness (QED) is 0.759. The number of benzene rings is 1. The summed E-state index contributed by atoms with van der Waals surface area (Å²) in [7, 11) is 1.77. The number of imidazole rings is 1. The number of H-pyrrole nitrogens is 1. The molecule has 1 atom stereocenters. The zero-order valence-corrected chi connectivity index (χ0v) is 15.2. The third-order valence-corrected chi connectivity index (χ3v) is 5.40. The summed E-state index contributed by atoms with van der Waals surface area (Å²) in [4.78, 5) is 9.44. The number of aromatic nitrogens is 4. The zero-order valence-electron chi connectivity index (χ0n) is 14.4. The Morgan fingerprint density at radius 1 is 1.31 bits per heavy atom. The first kappa shape index (κ1) is 17.2. The number of nitrogens with zero attached hydrogens (tertiary/aromatic N) is 4. The molecule has 0 spiro atoms. The fraction of sp³-hybridized carbons (Fsp3) is 0.333. The van der Waals surface area contributed by atoms with E-state index < -0.39 is 17.7 Å². The number of hydrogen-bond acceptors (Lipinski definition) is 3. The molecule has 0 aliphatic carbocycles. The number of halogens is 3. The molecule has 136 valence electrons. The lowest BCUT2D eigenvalue weighted by atomic mass is 9.94. The van der Waals surface area contributed by atoms with Crippen LogP contribution in [0.2, 0.25) is 5.15 Å². The van der Waals surface area contributed by atoms with Crippen molar-refractivity contribution in [2.45, 2.75) is 25.9 Å². The number of nitrogens with one attached hydrogen (secondary N) is 1. The number of aromatic amines is 1. The highest BCUT2D eigenvalue weighted by molar-refractivity contribution is 6.30. The normalized spacial score (nSPS) is 17.5. The topological polar surface area (TPSA) is 49.7 Å². The minimum Gasteiger partial charge on any atom is -0.348 e. The van der Waals surface area contributed by atoms with Crippen LogP contribution in [-0.4, -0.2) is 31.2 Å². The van der Waals surface area contributed by atoms with Crippen molar-refractivity contribution in [2.24, 2.45) is 7.05 Å². The summed E-state index contributed by atoms with van der Waals surface area (Å²) in [6, 6.07) is 3.30. The molecule has 2 aromatic heterocycles. The maximum Gasteiger partial charge on any atom is 0.131 e. The SMILES string of the molecule is Cc1nn(C)c(Cl)c1CN1CCc2[nH]cnc2[C@@H]1c1c(F)cccc1F. The molecule has 3 heterocycles. The Kier molecular flexibility index (Phi) is 4.28. The lowest BCUT2D eigenvalue weighted by Gasteiger charge is -2.35. The molecular formula is C18H18ClF2N5. The molecule has 0 unspecified atom stereocenters. The second kappa shape index (κ2) is 6.48. The minimum atomic E-state index is -0.623. The lowest BCUT2D eigenvalue weighted by molar-refractivity contribution is 0.192. The van der Waals surface area contributed by atoms with Gasteiger partial charge in [0.2, 0.25) is 0 Å². The van der Waals surface area contributed by atoms with E-state index in [2.05, 4.69) is 15.1 Å². The van der Waals surface area contributed by atoms with Gasteiger partial charge in [0.25, 0.3) is 0 Å². The summed E-state index contributed by atoms with van der Waals surface area (Å²) in [6.45, 7) is 2.94. The molecule has 0 amide bonds. The number of aryl methyl sites for hydroxylation is 2. The van der Waals surface area contributed by atoms with Crippen molar-refractivity contribution in [2.75, 3.05) is 6.54 Å². The van der Waals surface area contributed by atoms with Crippen molar-refractivity contribution in [1.82, 2.24) is 24.6 Å². The van der Waals surface area contributed by atoms with Crippen LogP contribution < -0.4 is 0 Å². The molecule has 0 bridgehead atoms. The van der Waals surface area contributed by atoms with Gasteiger partial charge in [-0.05, 0) is 19.1 Å². The Morgan fingerprint density at radius 3 is 2.69 bits per heavy atom. The first-order valence-electron chi connectivity index (χ1n) is 8.35. The summed E-state index contributed by atoms with van der Waals surface area (Å²) >= 11 is 6.37. The van der Waals surface area contributed by atoms with Crippen molar-refractivity contribution in [1.29, 1.82) is 0 Å². The molecule has 4 rings (SSSR count). The van der Waals surface area contributed by atoms with E-state index in [-0.39, 0.29) is 5.56 Å². The molecule has 1 aromatic carbocycles. The van der Waals surface area contributed by atoms with Crippen LogP contribution in [0.15, 0.2) is 24.5 Å². The van der Waals surface area contributed by atoms with E-state index in [0.717, 1.165) is 23.4 Å². The molecule has 0 saturated heterocycles. The van der Waals surface area contributed by atoms with Crippen LogP contribution in [0.4, 0.5) is 8.78 Å². The first-order chi connectivity index (χ1) is 12.5. The van der Waals surface area contributed by atoms with Crippen LogP contribution in [0.1, 0.15) is 34.3 Å². The van der Waals surface area contributed by atoms with Gasteiger partial charge in [0.05, 0.1) is 23.8 Å². The molecule has 3 aromatic rings. The van der Waals surface area contributed by atoms with Crippen LogP contribution in [0.5, 0.6) is 0 Å². The van der Waals surface area contributed by atoms with Crippen molar-refractivity contribution < 1.29 is 8.78 Å². The van der Waals surface area contributed by atoms with E-state index in [1.807, 2.05) is 11.8 Å². The van der Waals surface area contributed by atoms with Crippen LogP contribution in [0.3, 0.4) is 0 Å². The number of hydrogen-bond donors (Lipinski definition) is 1. The molecule has 1 aliphatic rings. The van der Waals surface area contributed by atoms with Crippen molar-refractivity contribution in [3.05, 3.63) is 69.5 Å². The van der Waals surface area contributed by atoms with Crippen LogP contribution in [-0.2, 0) is 20.0 Å². The summed E-state index contributed by atoms with van der Waals surface area (Å²) < 4.78 is 30.7. The number of rotatable bonds is 3. The Labute approximate surface area is 154 Å². The third-order valence-electron chi connectivity index (χ3n) is 4.93. The van der Waals surface area contributed by atoms with Crippen LogP contribution in [0.25, 0.3) is 0 Å². The monoisotopic (exact) mass is 377 g/mol. The average Bonchev–Trinajstić information content (AvgIpc) is 3.16. The van der Waals surface area contributed by atoms with Crippen molar-refractivity contribution in [3.63, 3.8) is 0 Å². The Balaban J connectivity index is 1.81. The minimum absolute atomic E-state index is 0.0122. The molecule has 1 N–H and O–H groups in total. The summed E-state index contributed by atoms with van der Waals surface area (Å²) in [6.07, 6.45) is 2.29. The molecule has 5 nitrogen and oxygen atoms in total. The van der Waals surface area contributed by atoms with Crippen LogP contribution in [0, 0.1) is 18.6 Å². The maximum atomic E-state index is 14.6. The summed E-state index contributed by atoms with van der Waals surface area (Å²) in [5.74, 6) is -1.16. The summed E-state index contributed by atoms with van der Waals surface area (Å²) in [5, 5.41) is 4.86. The standard InChI is InChI=1S/C18H18ClF2N5/c1-10-11(18(19)25(2)24-10)8-26-7-6-14-16(23-9-22-14)17(26)15-12(20)4-3-5-13(15)21/h3-5,9,17H,6-8H2,1-2H3,(H,22,23)/t17-/m0/s1. The molecule has 0 radical (unpaired) electrons. The van der Waals surface area contributed by atoms with Gasteiger partial charge in [-0.2, -0.15) is 5.10 Å². The molecule has 26 heavy (non-hydrogen) atoms. The second-order valence-corrected chi connectivity index (χ2v) is 6.86. The van der Waals surface area contributed by atoms with Gasteiger partial charge in [0.15, 0.2) is 0 Å². The average molecular weight is 378 g/mol. The first-order valence-corrected chi connectivity index (χ1v) is 8.73. The summed E-state index contributed by atoms with van der Waals surface area (Å²) in [5.41, 5.74) is 3.23. The van der Waals surface area contributed by atoms with Gasteiger partial charge in [-0.15, -0.1) is 0 Å². The maximum absolute atomic E-state index is 14.6. The number of fused-ring (bicyclic) bond motifs is 1. The highest BCUT2D eigenvalue weighted by atomic mass is 35.5. The Bertz CT molecular complexity index is 944. The predicted molar refractivity (Wildman–Crippen MR) is 93.9 cm³/mol. The van der Waals surface area contributed by atoms with E-state index in [0.29, 0.717) is 23.9 Å². The van der Waals surface area contributed by atoms with Crippen LogP contribution >= 0.6 is 11.6 Å². The van der Waals surface area contributed by atoms with Gasteiger partial charge in [-0.1, -0.05) is 17.7 Å². The Hall–Kier alpha value is -2.25. The second-order valence-electron chi connectivity index (χ2n) is 6.50. The fourth-order valence-corrected chi connectivity index (χ4v) is 3.88.